The Hall–Kier alpha value is -2.41. The molecule has 2 aromatic rings. The standard InChI is InChI=1S/C18H24N6O5S/c1-23-10-16(20-13-23)30(26,27)24-6-7-28-12-18(11-24)4-2-15(29-18)9-19-17(25)14-3-5-21-22-8-14/h3,5,8,10,13,15H,2,4,6-7,9,11-12H2,1H3,(H,19,25). The molecule has 0 saturated carbocycles. The van der Waals surface area contributed by atoms with Crippen LogP contribution in [0.15, 0.2) is 36.0 Å². The highest BCUT2D eigenvalue weighted by molar-refractivity contribution is 7.89. The second-order valence-corrected chi connectivity index (χ2v) is 9.46. The molecule has 162 valence electrons. The molecule has 30 heavy (non-hydrogen) atoms. The van der Waals surface area contributed by atoms with Crippen molar-refractivity contribution in [2.45, 2.75) is 29.6 Å². The molecule has 1 amide bonds. The Balaban J connectivity index is 1.41. The summed E-state index contributed by atoms with van der Waals surface area (Å²) in [7, 11) is -2.03. The first-order valence-electron chi connectivity index (χ1n) is 9.67. The number of aromatic nitrogens is 4. The largest absolute Gasteiger partial charge is 0.377 e. The van der Waals surface area contributed by atoms with Crippen LogP contribution in [0.1, 0.15) is 23.2 Å². The Morgan fingerprint density at radius 1 is 1.40 bits per heavy atom. The minimum Gasteiger partial charge on any atom is -0.377 e. The van der Waals surface area contributed by atoms with Gasteiger partial charge in [0.1, 0.15) is 5.60 Å². The average Bonchev–Trinajstić information content (AvgIpc) is 3.29. The molecule has 2 atom stereocenters. The lowest BCUT2D eigenvalue weighted by atomic mass is 10.0. The smallest absolute Gasteiger partial charge is 0.262 e. The van der Waals surface area contributed by atoms with E-state index in [1.54, 1.807) is 17.7 Å². The molecule has 0 bridgehead atoms. The van der Waals surface area contributed by atoms with Crippen molar-refractivity contribution >= 4 is 15.9 Å². The SMILES string of the molecule is Cn1cnc(S(=O)(=O)N2CCOCC3(CCC(CNC(=O)c4ccnnc4)O3)C2)c1. The molecular formula is C18H24N6O5S. The molecule has 2 fully saturated rings. The monoisotopic (exact) mass is 436 g/mol. The topological polar surface area (TPSA) is 129 Å². The maximum absolute atomic E-state index is 13.0. The predicted octanol–water partition coefficient (Wildman–Crippen LogP) is -0.421. The van der Waals surface area contributed by atoms with Gasteiger partial charge in [-0.15, -0.1) is 0 Å². The number of hydrogen-bond acceptors (Lipinski definition) is 8. The van der Waals surface area contributed by atoms with Gasteiger partial charge >= 0.3 is 0 Å². The van der Waals surface area contributed by atoms with Crippen molar-refractivity contribution in [3.05, 3.63) is 36.5 Å². The highest BCUT2D eigenvalue weighted by Crippen LogP contribution is 2.34. The Labute approximate surface area is 174 Å². The van der Waals surface area contributed by atoms with Gasteiger partial charge in [-0.3, -0.25) is 4.79 Å². The number of carbonyl (C=O) groups excluding carboxylic acids is 1. The predicted molar refractivity (Wildman–Crippen MR) is 104 cm³/mol. The Morgan fingerprint density at radius 2 is 2.27 bits per heavy atom. The number of nitrogens with zero attached hydrogens (tertiary/aromatic N) is 5. The molecule has 2 aliphatic rings. The van der Waals surface area contributed by atoms with E-state index in [0.29, 0.717) is 31.6 Å². The summed E-state index contributed by atoms with van der Waals surface area (Å²) >= 11 is 0. The fraction of sp³-hybridized carbons (Fsp3) is 0.556. The number of carbonyl (C=O) groups is 1. The van der Waals surface area contributed by atoms with E-state index in [1.165, 1.54) is 29.2 Å². The normalized spacial score (nSPS) is 25.3. The minimum atomic E-state index is -3.75. The summed E-state index contributed by atoms with van der Waals surface area (Å²) < 4.78 is 40.9. The van der Waals surface area contributed by atoms with Gasteiger partial charge in [-0.1, -0.05) is 0 Å². The van der Waals surface area contributed by atoms with E-state index in [2.05, 4.69) is 20.5 Å². The Morgan fingerprint density at radius 3 is 3.00 bits per heavy atom. The van der Waals surface area contributed by atoms with Crippen LogP contribution < -0.4 is 5.32 Å². The van der Waals surface area contributed by atoms with Crippen LogP contribution in [0.5, 0.6) is 0 Å². The van der Waals surface area contributed by atoms with Crippen molar-refractivity contribution in [1.82, 2.24) is 29.4 Å². The molecule has 1 N–H and O–H groups in total. The van der Waals surface area contributed by atoms with Crippen molar-refractivity contribution in [3.8, 4) is 0 Å². The molecule has 2 aliphatic heterocycles. The van der Waals surface area contributed by atoms with E-state index in [4.69, 9.17) is 9.47 Å². The lowest BCUT2D eigenvalue weighted by molar-refractivity contribution is -0.0803. The van der Waals surface area contributed by atoms with E-state index >= 15 is 0 Å². The first kappa shape index (κ1) is 20.8. The highest BCUT2D eigenvalue weighted by Gasteiger charge is 2.46. The average molecular weight is 436 g/mol. The molecular weight excluding hydrogens is 412 g/mol. The number of sulfonamides is 1. The van der Waals surface area contributed by atoms with Crippen LogP contribution in [-0.4, -0.2) is 82.9 Å². The lowest BCUT2D eigenvalue weighted by Gasteiger charge is -2.31. The molecule has 0 radical (unpaired) electrons. The minimum absolute atomic E-state index is 0.00909. The van der Waals surface area contributed by atoms with E-state index in [-0.39, 0.29) is 36.7 Å². The molecule has 1 spiro atoms. The number of amides is 1. The molecule has 2 saturated heterocycles. The van der Waals surface area contributed by atoms with Gasteiger partial charge in [0, 0.05) is 32.9 Å². The number of rotatable bonds is 5. The molecule has 11 nitrogen and oxygen atoms in total. The third kappa shape index (κ3) is 4.36. The summed E-state index contributed by atoms with van der Waals surface area (Å²) in [5.74, 6) is -0.258. The lowest BCUT2D eigenvalue weighted by Crippen LogP contribution is -2.47. The zero-order valence-corrected chi connectivity index (χ0v) is 17.4. The van der Waals surface area contributed by atoms with Crippen molar-refractivity contribution in [3.63, 3.8) is 0 Å². The van der Waals surface area contributed by atoms with Crippen LogP contribution in [0.2, 0.25) is 0 Å². The van der Waals surface area contributed by atoms with Gasteiger partial charge in [-0.05, 0) is 18.9 Å². The van der Waals surface area contributed by atoms with Gasteiger partial charge in [0.05, 0.1) is 43.6 Å². The fourth-order valence-corrected chi connectivity index (χ4v) is 5.19. The van der Waals surface area contributed by atoms with E-state index in [9.17, 15) is 13.2 Å². The number of ether oxygens (including phenoxy) is 2. The number of hydrogen-bond donors (Lipinski definition) is 1. The van der Waals surface area contributed by atoms with Crippen LogP contribution in [0.4, 0.5) is 0 Å². The Kier molecular flexibility index (Phi) is 5.82. The van der Waals surface area contributed by atoms with E-state index in [1.807, 2.05) is 0 Å². The summed E-state index contributed by atoms with van der Waals surface area (Å²) in [5, 5.41) is 10.2. The zero-order valence-electron chi connectivity index (χ0n) is 16.6. The van der Waals surface area contributed by atoms with Crippen LogP contribution >= 0.6 is 0 Å². The second-order valence-electron chi connectivity index (χ2n) is 7.57. The van der Waals surface area contributed by atoms with Crippen LogP contribution in [0, 0.1) is 0 Å². The summed E-state index contributed by atoms with van der Waals surface area (Å²) in [6.45, 7) is 1.33. The van der Waals surface area contributed by atoms with Crippen LogP contribution in [0.3, 0.4) is 0 Å². The third-order valence-electron chi connectivity index (χ3n) is 5.28. The summed E-state index contributed by atoms with van der Waals surface area (Å²) in [6.07, 6.45) is 6.88. The molecule has 0 aliphatic carbocycles. The van der Waals surface area contributed by atoms with Gasteiger partial charge in [0.25, 0.3) is 15.9 Å². The number of nitrogens with one attached hydrogen (secondary N) is 1. The van der Waals surface area contributed by atoms with Gasteiger partial charge in [-0.25, -0.2) is 13.4 Å². The molecule has 4 rings (SSSR count). The zero-order chi connectivity index (χ0) is 21.2. The fourth-order valence-electron chi connectivity index (χ4n) is 3.73. The van der Waals surface area contributed by atoms with E-state index in [0.717, 1.165) is 0 Å². The third-order valence-corrected chi connectivity index (χ3v) is 7.01. The molecule has 2 aromatic heterocycles. The van der Waals surface area contributed by atoms with Crippen LogP contribution in [0.25, 0.3) is 0 Å². The van der Waals surface area contributed by atoms with Crippen molar-refractivity contribution in [2.75, 3.05) is 32.8 Å². The molecule has 2 unspecified atom stereocenters. The van der Waals surface area contributed by atoms with Crippen molar-refractivity contribution in [2.24, 2.45) is 7.05 Å². The first-order valence-corrected chi connectivity index (χ1v) is 11.1. The molecule has 4 heterocycles. The van der Waals surface area contributed by atoms with Gasteiger partial charge in [0.2, 0.25) is 0 Å². The van der Waals surface area contributed by atoms with Crippen molar-refractivity contribution < 1.29 is 22.7 Å². The number of aryl methyl sites for hydroxylation is 1. The summed E-state index contributed by atoms with van der Waals surface area (Å²) in [4.78, 5) is 16.2. The maximum atomic E-state index is 13.0. The highest BCUT2D eigenvalue weighted by atomic mass is 32.2. The van der Waals surface area contributed by atoms with Crippen molar-refractivity contribution in [1.29, 1.82) is 0 Å². The summed E-state index contributed by atoms with van der Waals surface area (Å²) in [6, 6.07) is 1.58. The first-order chi connectivity index (χ1) is 14.4. The summed E-state index contributed by atoms with van der Waals surface area (Å²) in [5.41, 5.74) is -0.325. The quantitative estimate of drug-likeness (QED) is 0.669. The van der Waals surface area contributed by atoms with E-state index < -0.39 is 15.6 Å². The second kappa shape index (κ2) is 8.38. The molecule has 12 heteroatoms. The molecule has 0 aromatic carbocycles. The Bertz CT molecular complexity index is 998. The number of imidazole rings is 1. The van der Waals surface area contributed by atoms with Gasteiger partial charge in [-0.2, -0.15) is 14.5 Å². The van der Waals surface area contributed by atoms with Gasteiger partial charge < -0.3 is 19.4 Å². The van der Waals surface area contributed by atoms with Gasteiger partial charge in [0.15, 0.2) is 5.03 Å². The maximum Gasteiger partial charge on any atom is 0.262 e. The van der Waals surface area contributed by atoms with Crippen LogP contribution in [-0.2, 0) is 26.5 Å².